The fourth-order valence-corrected chi connectivity index (χ4v) is 3.26. The third-order valence-electron chi connectivity index (χ3n) is 3.64. The Balaban J connectivity index is 2.45. The summed E-state index contributed by atoms with van der Waals surface area (Å²) in [5, 5.41) is 4.44. The highest BCUT2D eigenvalue weighted by molar-refractivity contribution is 6.36. The fourth-order valence-electron chi connectivity index (χ4n) is 2.60. The molecule has 0 amide bonds. The van der Waals surface area contributed by atoms with Gasteiger partial charge in [-0.2, -0.15) is 14.5 Å². The highest BCUT2D eigenvalue weighted by Crippen LogP contribution is 2.41. The number of hydrogen-bond acceptors (Lipinski definition) is 4. The number of rotatable bonds is 5. The van der Waals surface area contributed by atoms with Gasteiger partial charge < -0.3 is 4.90 Å². The van der Waals surface area contributed by atoms with Crippen LogP contribution in [0.1, 0.15) is 6.92 Å². The molecular weight excluding hydrogens is 388 g/mol. The smallest absolute Gasteiger partial charge is 0.256 e. The van der Waals surface area contributed by atoms with E-state index < -0.39 is 5.82 Å². The summed E-state index contributed by atoms with van der Waals surface area (Å²) >= 11 is 18.6. The van der Waals surface area contributed by atoms with Gasteiger partial charge in [0.1, 0.15) is 16.8 Å². The van der Waals surface area contributed by atoms with Crippen LogP contribution in [0.2, 0.25) is 15.5 Å². The van der Waals surface area contributed by atoms with Crippen molar-refractivity contribution in [1.29, 1.82) is 0 Å². The topological polar surface area (TPSA) is 46.3 Å². The number of aromatic nitrogens is 4. The zero-order valence-corrected chi connectivity index (χ0v) is 15.4. The van der Waals surface area contributed by atoms with Crippen LogP contribution in [-0.4, -0.2) is 32.7 Å². The maximum atomic E-state index is 14.6. The third-order valence-corrected chi connectivity index (χ3v) is 4.38. The van der Waals surface area contributed by atoms with Crippen molar-refractivity contribution >= 4 is 46.4 Å². The van der Waals surface area contributed by atoms with Crippen LogP contribution in [-0.2, 0) is 0 Å². The summed E-state index contributed by atoms with van der Waals surface area (Å²) < 4.78 is 16.0. The molecule has 0 aliphatic rings. The molecule has 0 atom stereocenters. The lowest BCUT2D eigenvalue weighted by Crippen LogP contribution is -2.26. The second-order valence-electron chi connectivity index (χ2n) is 5.12. The van der Waals surface area contributed by atoms with Crippen LogP contribution in [0.5, 0.6) is 0 Å². The maximum absolute atomic E-state index is 14.6. The van der Waals surface area contributed by atoms with E-state index in [1.807, 2.05) is 11.8 Å². The Morgan fingerprint density at radius 3 is 2.64 bits per heavy atom. The Hall–Kier alpha value is -1.89. The van der Waals surface area contributed by atoms with E-state index in [1.165, 1.54) is 16.6 Å². The molecule has 0 aliphatic heterocycles. The van der Waals surface area contributed by atoms with Crippen LogP contribution in [0.15, 0.2) is 30.9 Å². The summed E-state index contributed by atoms with van der Waals surface area (Å²) in [6.45, 7) is 6.75. The highest BCUT2D eigenvalue weighted by Gasteiger charge is 2.25. The van der Waals surface area contributed by atoms with E-state index in [2.05, 4.69) is 21.6 Å². The quantitative estimate of drug-likeness (QED) is 0.451. The van der Waals surface area contributed by atoms with Gasteiger partial charge in [-0.3, -0.25) is 0 Å². The predicted octanol–water partition coefficient (Wildman–Crippen LogP) is 4.90. The van der Waals surface area contributed by atoms with E-state index in [0.717, 1.165) is 0 Å². The van der Waals surface area contributed by atoms with Gasteiger partial charge in [0.15, 0.2) is 0 Å². The van der Waals surface area contributed by atoms with Crippen LogP contribution < -0.4 is 4.90 Å². The van der Waals surface area contributed by atoms with Crippen molar-refractivity contribution in [2.75, 3.05) is 18.0 Å². The number of nitrogens with zero attached hydrogens (tertiary/aromatic N) is 5. The van der Waals surface area contributed by atoms with E-state index in [4.69, 9.17) is 34.8 Å². The summed E-state index contributed by atoms with van der Waals surface area (Å²) in [6, 6.07) is 4.42. The summed E-state index contributed by atoms with van der Waals surface area (Å²) in [7, 11) is 0. The number of benzene rings is 1. The Labute approximate surface area is 158 Å². The zero-order valence-electron chi connectivity index (χ0n) is 13.2. The van der Waals surface area contributed by atoms with Crippen LogP contribution in [0, 0.1) is 5.82 Å². The molecule has 0 bridgehead atoms. The van der Waals surface area contributed by atoms with E-state index in [9.17, 15) is 4.39 Å². The summed E-state index contributed by atoms with van der Waals surface area (Å²) in [4.78, 5) is 10.1. The molecule has 2 aromatic heterocycles. The van der Waals surface area contributed by atoms with Gasteiger partial charge in [0, 0.05) is 18.7 Å². The van der Waals surface area contributed by atoms with Gasteiger partial charge in [-0.25, -0.2) is 4.39 Å². The van der Waals surface area contributed by atoms with Gasteiger partial charge in [-0.1, -0.05) is 35.3 Å². The molecule has 0 fully saturated rings. The van der Waals surface area contributed by atoms with Crippen molar-refractivity contribution in [3.05, 3.63) is 52.1 Å². The van der Waals surface area contributed by atoms with Gasteiger partial charge in [-0.15, -0.1) is 11.7 Å². The molecule has 9 heteroatoms. The molecule has 5 nitrogen and oxygen atoms in total. The first kappa shape index (κ1) is 17.9. The Bertz CT molecular complexity index is 936. The SMILES string of the molecule is C=CCN(CC)c1c(-c2c(F)cccc2Cl)c(Cl)nc2nc(Cl)nn12. The number of halogens is 4. The maximum Gasteiger partial charge on any atom is 0.256 e. The van der Waals surface area contributed by atoms with Gasteiger partial charge in [0.2, 0.25) is 5.28 Å². The molecule has 0 spiro atoms. The van der Waals surface area contributed by atoms with Crippen LogP contribution >= 0.6 is 34.8 Å². The number of hydrogen-bond donors (Lipinski definition) is 0. The van der Waals surface area contributed by atoms with E-state index in [-0.39, 0.29) is 26.8 Å². The van der Waals surface area contributed by atoms with E-state index in [0.29, 0.717) is 24.5 Å². The molecule has 0 aliphatic carbocycles. The van der Waals surface area contributed by atoms with Gasteiger partial charge in [0.25, 0.3) is 5.78 Å². The summed E-state index contributed by atoms with van der Waals surface area (Å²) in [5.74, 6) is 0.185. The molecule has 25 heavy (non-hydrogen) atoms. The summed E-state index contributed by atoms with van der Waals surface area (Å²) in [5.41, 5.74) is 0.468. The lowest BCUT2D eigenvalue weighted by molar-refractivity contribution is 0.631. The lowest BCUT2D eigenvalue weighted by Gasteiger charge is -2.25. The van der Waals surface area contributed by atoms with Crippen molar-refractivity contribution in [3.8, 4) is 11.1 Å². The van der Waals surface area contributed by atoms with Crippen molar-refractivity contribution in [2.45, 2.75) is 6.92 Å². The number of anilines is 1. The van der Waals surface area contributed by atoms with Crippen molar-refractivity contribution in [3.63, 3.8) is 0 Å². The minimum Gasteiger partial charge on any atom is -0.352 e. The van der Waals surface area contributed by atoms with Gasteiger partial charge in [0.05, 0.1) is 10.6 Å². The van der Waals surface area contributed by atoms with Crippen molar-refractivity contribution < 1.29 is 4.39 Å². The average Bonchev–Trinajstić information content (AvgIpc) is 2.92. The molecule has 0 N–H and O–H groups in total. The molecule has 1 aromatic carbocycles. The first-order valence-corrected chi connectivity index (χ1v) is 8.53. The lowest BCUT2D eigenvalue weighted by atomic mass is 10.1. The largest absolute Gasteiger partial charge is 0.352 e. The monoisotopic (exact) mass is 399 g/mol. The molecule has 3 aromatic rings. The molecule has 2 heterocycles. The molecule has 0 unspecified atom stereocenters. The fraction of sp³-hybridized carbons (Fsp3) is 0.188. The van der Waals surface area contributed by atoms with Gasteiger partial charge in [-0.05, 0) is 30.7 Å². The molecule has 3 rings (SSSR count). The Morgan fingerprint density at radius 1 is 1.24 bits per heavy atom. The molecule has 0 saturated heterocycles. The second-order valence-corrected chi connectivity index (χ2v) is 6.22. The first-order valence-electron chi connectivity index (χ1n) is 7.39. The summed E-state index contributed by atoms with van der Waals surface area (Å²) in [6.07, 6.45) is 1.72. The van der Waals surface area contributed by atoms with Crippen LogP contribution in [0.25, 0.3) is 16.9 Å². The minimum atomic E-state index is -0.516. The highest BCUT2D eigenvalue weighted by atomic mass is 35.5. The Kier molecular flexibility index (Phi) is 5.13. The van der Waals surface area contributed by atoms with Gasteiger partial charge >= 0.3 is 0 Å². The molecule has 130 valence electrons. The minimum absolute atomic E-state index is 0.0104. The standard InChI is InChI=1S/C16H13Cl3FN5/c1-3-8-24(4-2)14-12(11-9(17)6-5-7-10(11)20)13(18)21-16-22-15(19)23-25(14)16/h3,5-7H,1,4,8H2,2H3. The van der Waals surface area contributed by atoms with E-state index in [1.54, 1.807) is 12.1 Å². The van der Waals surface area contributed by atoms with Crippen LogP contribution in [0.3, 0.4) is 0 Å². The zero-order chi connectivity index (χ0) is 18.1. The molecule has 0 radical (unpaired) electrons. The normalized spacial score (nSPS) is 11.1. The number of likely N-dealkylation sites (N-methyl/N-ethyl adjacent to an activating group) is 1. The van der Waals surface area contributed by atoms with Crippen molar-refractivity contribution in [2.24, 2.45) is 0 Å². The third kappa shape index (κ3) is 3.17. The molecular formula is C16H13Cl3FN5. The average molecular weight is 401 g/mol. The molecule has 0 saturated carbocycles. The second kappa shape index (κ2) is 7.15. The van der Waals surface area contributed by atoms with Crippen LogP contribution in [0.4, 0.5) is 10.2 Å². The Morgan fingerprint density at radius 2 is 2.00 bits per heavy atom. The van der Waals surface area contributed by atoms with Crippen molar-refractivity contribution in [1.82, 2.24) is 19.6 Å². The predicted molar refractivity (Wildman–Crippen MR) is 99.3 cm³/mol. The number of fused-ring (bicyclic) bond motifs is 1. The van der Waals surface area contributed by atoms with E-state index >= 15 is 0 Å². The first-order chi connectivity index (χ1) is 12.0.